The van der Waals surface area contributed by atoms with Crippen LogP contribution in [0.4, 0.5) is 0 Å². The second-order valence-electron chi connectivity index (χ2n) is 2.67. The number of carbonyl (C=O) groups excluding carboxylic acids is 1. The van der Waals surface area contributed by atoms with Gasteiger partial charge in [-0.15, -0.1) is 0 Å². The SMILES string of the molecule is COCc1cccc(/C=C/C=O)c1. The van der Waals surface area contributed by atoms with Crippen LogP contribution in [-0.2, 0) is 16.1 Å². The number of benzene rings is 1. The standard InChI is InChI=1S/C11H12O2/c1-13-9-11-5-2-4-10(8-11)6-3-7-12/h2-8H,9H2,1H3/b6-3+. The summed E-state index contributed by atoms with van der Waals surface area (Å²) in [5.74, 6) is 0. The highest BCUT2D eigenvalue weighted by atomic mass is 16.5. The van der Waals surface area contributed by atoms with E-state index in [-0.39, 0.29) is 0 Å². The molecule has 0 N–H and O–H groups in total. The predicted octanol–water partition coefficient (Wildman–Crippen LogP) is 2.05. The lowest BCUT2D eigenvalue weighted by molar-refractivity contribution is -0.104. The molecule has 0 aromatic heterocycles. The summed E-state index contributed by atoms with van der Waals surface area (Å²) >= 11 is 0. The fourth-order valence-electron chi connectivity index (χ4n) is 1.10. The molecule has 0 unspecified atom stereocenters. The number of allylic oxidation sites excluding steroid dienone is 1. The molecule has 13 heavy (non-hydrogen) atoms. The minimum Gasteiger partial charge on any atom is -0.380 e. The van der Waals surface area contributed by atoms with E-state index in [2.05, 4.69) is 0 Å². The maximum Gasteiger partial charge on any atom is 0.142 e. The van der Waals surface area contributed by atoms with Crippen molar-refractivity contribution in [3.63, 3.8) is 0 Å². The summed E-state index contributed by atoms with van der Waals surface area (Å²) in [6.45, 7) is 0.600. The molecule has 1 aromatic rings. The summed E-state index contributed by atoms with van der Waals surface area (Å²) in [6.07, 6.45) is 4.01. The smallest absolute Gasteiger partial charge is 0.142 e. The third-order valence-electron chi connectivity index (χ3n) is 1.63. The molecule has 2 heteroatoms. The normalized spacial score (nSPS) is 10.5. The molecule has 68 valence electrons. The Morgan fingerprint density at radius 3 is 3.00 bits per heavy atom. The molecule has 0 saturated heterocycles. The van der Waals surface area contributed by atoms with Crippen LogP contribution >= 0.6 is 0 Å². The third kappa shape index (κ3) is 3.22. The Labute approximate surface area is 77.8 Å². The molecule has 0 atom stereocenters. The van der Waals surface area contributed by atoms with Gasteiger partial charge in [0.05, 0.1) is 6.61 Å². The zero-order chi connectivity index (χ0) is 9.52. The molecule has 0 heterocycles. The van der Waals surface area contributed by atoms with Crippen LogP contribution < -0.4 is 0 Å². The van der Waals surface area contributed by atoms with Gasteiger partial charge in [0.1, 0.15) is 6.29 Å². The van der Waals surface area contributed by atoms with Crippen molar-refractivity contribution in [1.82, 2.24) is 0 Å². The first-order valence-corrected chi connectivity index (χ1v) is 4.06. The fraction of sp³-hybridized carbons (Fsp3) is 0.182. The van der Waals surface area contributed by atoms with E-state index in [4.69, 9.17) is 4.74 Å². The van der Waals surface area contributed by atoms with Crippen LogP contribution in [0.1, 0.15) is 11.1 Å². The van der Waals surface area contributed by atoms with Crippen molar-refractivity contribution in [2.45, 2.75) is 6.61 Å². The number of carbonyl (C=O) groups is 1. The molecular weight excluding hydrogens is 164 g/mol. The molecule has 0 aliphatic carbocycles. The summed E-state index contributed by atoms with van der Waals surface area (Å²) in [7, 11) is 1.66. The van der Waals surface area contributed by atoms with E-state index >= 15 is 0 Å². The van der Waals surface area contributed by atoms with Crippen LogP contribution in [0, 0.1) is 0 Å². The molecule has 2 nitrogen and oxygen atoms in total. The zero-order valence-electron chi connectivity index (χ0n) is 7.57. The van der Waals surface area contributed by atoms with E-state index in [1.807, 2.05) is 24.3 Å². The molecule has 0 aliphatic rings. The minimum absolute atomic E-state index is 0.600. The van der Waals surface area contributed by atoms with E-state index in [0.29, 0.717) is 6.61 Å². The van der Waals surface area contributed by atoms with Crippen molar-refractivity contribution in [3.05, 3.63) is 41.5 Å². The average molecular weight is 176 g/mol. The summed E-state index contributed by atoms with van der Waals surface area (Å²) < 4.78 is 4.99. The summed E-state index contributed by atoms with van der Waals surface area (Å²) in [5, 5.41) is 0. The third-order valence-corrected chi connectivity index (χ3v) is 1.63. The molecule has 0 aliphatic heterocycles. The summed E-state index contributed by atoms with van der Waals surface area (Å²) in [4.78, 5) is 10.1. The van der Waals surface area contributed by atoms with Gasteiger partial charge < -0.3 is 4.74 Å². The molecule has 1 rings (SSSR count). The quantitative estimate of drug-likeness (QED) is 0.518. The van der Waals surface area contributed by atoms with Crippen molar-refractivity contribution in [2.75, 3.05) is 7.11 Å². The number of hydrogen-bond acceptors (Lipinski definition) is 2. The number of hydrogen-bond donors (Lipinski definition) is 0. The Bertz CT molecular complexity index is 303. The first-order chi connectivity index (χ1) is 6.36. The number of rotatable bonds is 4. The first-order valence-electron chi connectivity index (χ1n) is 4.06. The van der Waals surface area contributed by atoms with Crippen molar-refractivity contribution >= 4 is 12.4 Å². The summed E-state index contributed by atoms with van der Waals surface area (Å²) in [5.41, 5.74) is 2.12. The number of methoxy groups -OCH3 is 1. The summed E-state index contributed by atoms with van der Waals surface area (Å²) in [6, 6.07) is 7.86. The van der Waals surface area contributed by atoms with Crippen LogP contribution in [0.15, 0.2) is 30.3 Å². The molecule has 0 spiro atoms. The molecule has 0 fully saturated rings. The maximum absolute atomic E-state index is 10.1. The van der Waals surface area contributed by atoms with Gasteiger partial charge in [-0.2, -0.15) is 0 Å². The topological polar surface area (TPSA) is 26.3 Å². The van der Waals surface area contributed by atoms with Gasteiger partial charge in [0, 0.05) is 7.11 Å². The number of aldehydes is 1. The second kappa shape index (κ2) is 5.27. The second-order valence-corrected chi connectivity index (χ2v) is 2.67. The monoisotopic (exact) mass is 176 g/mol. The predicted molar refractivity (Wildman–Crippen MR) is 52.3 cm³/mol. The van der Waals surface area contributed by atoms with Crippen LogP contribution in [0.5, 0.6) is 0 Å². The Kier molecular flexibility index (Phi) is 3.93. The molecule has 0 bridgehead atoms. The highest BCUT2D eigenvalue weighted by Gasteiger charge is 1.91. The van der Waals surface area contributed by atoms with E-state index in [0.717, 1.165) is 17.4 Å². The largest absolute Gasteiger partial charge is 0.380 e. The lowest BCUT2D eigenvalue weighted by atomic mass is 10.1. The van der Waals surface area contributed by atoms with Crippen molar-refractivity contribution in [1.29, 1.82) is 0 Å². The van der Waals surface area contributed by atoms with Crippen LogP contribution in [0.25, 0.3) is 6.08 Å². The van der Waals surface area contributed by atoms with Gasteiger partial charge in [0.2, 0.25) is 0 Å². The Balaban J connectivity index is 2.78. The van der Waals surface area contributed by atoms with Gasteiger partial charge in [-0.25, -0.2) is 0 Å². The lowest BCUT2D eigenvalue weighted by Crippen LogP contribution is -1.87. The van der Waals surface area contributed by atoms with Gasteiger partial charge in [-0.3, -0.25) is 4.79 Å². The highest BCUT2D eigenvalue weighted by molar-refractivity contribution is 5.73. The van der Waals surface area contributed by atoms with Crippen molar-refractivity contribution in [2.24, 2.45) is 0 Å². The van der Waals surface area contributed by atoms with Crippen molar-refractivity contribution < 1.29 is 9.53 Å². The van der Waals surface area contributed by atoms with Gasteiger partial charge in [-0.05, 0) is 23.3 Å². The molecule has 0 amide bonds. The lowest BCUT2D eigenvalue weighted by Gasteiger charge is -1.99. The van der Waals surface area contributed by atoms with Crippen LogP contribution in [-0.4, -0.2) is 13.4 Å². The zero-order valence-corrected chi connectivity index (χ0v) is 7.57. The highest BCUT2D eigenvalue weighted by Crippen LogP contribution is 2.07. The van der Waals surface area contributed by atoms with Crippen LogP contribution in [0.3, 0.4) is 0 Å². The first kappa shape index (κ1) is 9.68. The average Bonchev–Trinajstić information content (AvgIpc) is 2.16. The van der Waals surface area contributed by atoms with Gasteiger partial charge in [0.15, 0.2) is 0 Å². The van der Waals surface area contributed by atoms with Gasteiger partial charge >= 0.3 is 0 Å². The Hall–Kier alpha value is -1.41. The fourth-order valence-corrected chi connectivity index (χ4v) is 1.10. The Morgan fingerprint density at radius 2 is 2.31 bits per heavy atom. The molecule has 0 saturated carbocycles. The van der Waals surface area contributed by atoms with Gasteiger partial charge in [-0.1, -0.05) is 24.3 Å². The maximum atomic E-state index is 10.1. The van der Waals surface area contributed by atoms with E-state index in [1.54, 1.807) is 13.2 Å². The van der Waals surface area contributed by atoms with Crippen LogP contribution in [0.2, 0.25) is 0 Å². The minimum atomic E-state index is 0.600. The van der Waals surface area contributed by atoms with Gasteiger partial charge in [0.25, 0.3) is 0 Å². The van der Waals surface area contributed by atoms with E-state index in [1.165, 1.54) is 6.08 Å². The van der Waals surface area contributed by atoms with E-state index in [9.17, 15) is 4.79 Å². The Morgan fingerprint density at radius 1 is 1.46 bits per heavy atom. The van der Waals surface area contributed by atoms with Crippen molar-refractivity contribution in [3.8, 4) is 0 Å². The molecule has 0 radical (unpaired) electrons. The van der Waals surface area contributed by atoms with E-state index < -0.39 is 0 Å². The molecular formula is C11H12O2. The number of ether oxygens (including phenoxy) is 1. The molecule has 1 aromatic carbocycles.